The molecule has 2 nitrogen and oxygen atoms in total. The third-order valence-corrected chi connectivity index (χ3v) is 3.13. The molecule has 0 atom stereocenters. The number of nitrogens with zero attached hydrogens (tertiary/aromatic N) is 1. The molecule has 0 bridgehead atoms. The van der Waals surface area contributed by atoms with Crippen molar-refractivity contribution in [2.75, 3.05) is 0 Å². The molecule has 0 aliphatic carbocycles. The number of pyridine rings is 1. The summed E-state index contributed by atoms with van der Waals surface area (Å²) in [5.41, 5.74) is 8.86. The van der Waals surface area contributed by atoms with Gasteiger partial charge in [-0.15, -0.1) is 40.1 Å². The molecule has 2 radical (unpaired) electrons. The van der Waals surface area contributed by atoms with E-state index in [9.17, 15) is 0 Å². The first-order valence-electron chi connectivity index (χ1n) is 8.23. The Balaban J connectivity index is 0.000000516. The fraction of sp³-hybridized carbons (Fsp3) is 0.300. The van der Waals surface area contributed by atoms with Gasteiger partial charge in [-0.2, -0.15) is 0 Å². The minimum atomic E-state index is -0.826. The zero-order chi connectivity index (χ0) is 20.9. The van der Waals surface area contributed by atoms with Gasteiger partial charge >= 0.3 is 37.9 Å². The Morgan fingerprint density at radius 3 is 2.11 bits per heavy atom. The van der Waals surface area contributed by atoms with Crippen LogP contribution in [0.15, 0.2) is 59.2 Å². The normalized spacial score (nSPS) is 9.67. The predicted octanol–water partition coefficient (Wildman–Crippen LogP) is 8.38. The maximum atomic E-state index is 6.94. The number of halogens is 3. The molecule has 3 aromatic rings. The van der Waals surface area contributed by atoms with Gasteiger partial charge in [-0.05, 0) is 6.07 Å². The van der Waals surface area contributed by atoms with Crippen LogP contribution in [0, 0.1) is 0 Å². The second kappa shape index (κ2) is 15.0. The van der Waals surface area contributed by atoms with Crippen LogP contribution in [0.2, 0.25) is 13.1 Å². The first-order valence-corrected chi connectivity index (χ1v) is 17.4. The zero-order valence-electron chi connectivity index (χ0n) is 16.3. The zero-order valence-corrected chi connectivity index (χ0v) is 22.8. The molecule has 0 aliphatic rings. The van der Waals surface area contributed by atoms with Crippen molar-refractivity contribution in [2.45, 2.75) is 39.4 Å². The second-order valence-electron chi connectivity index (χ2n) is 6.55. The van der Waals surface area contributed by atoms with Crippen molar-refractivity contribution in [3.8, 4) is 11.3 Å². The van der Waals surface area contributed by atoms with E-state index in [1.165, 1.54) is 16.3 Å². The monoisotopic (exact) mass is 560 g/mol. The summed E-state index contributed by atoms with van der Waals surface area (Å²) >= 11 is 2.64. The fourth-order valence-electron chi connectivity index (χ4n) is 1.86. The van der Waals surface area contributed by atoms with Crippen LogP contribution < -0.4 is 0 Å². The van der Waals surface area contributed by atoms with Gasteiger partial charge < -0.3 is 5.73 Å². The van der Waals surface area contributed by atoms with E-state index in [-0.39, 0.29) is 5.54 Å². The van der Waals surface area contributed by atoms with Crippen molar-refractivity contribution in [1.29, 1.82) is 0 Å². The topological polar surface area (TPSA) is 36.7 Å². The summed E-state index contributed by atoms with van der Waals surface area (Å²) in [4.78, 5) is 4.38. The number of benzene rings is 1. The molecule has 2 aromatic carbocycles. The molecular weight excluding hydrogens is 538 g/mol. The van der Waals surface area contributed by atoms with E-state index in [0.717, 1.165) is 19.7 Å². The molecule has 1 aromatic heterocycles. The van der Waals surface area contributed by atoms with E-state index >= 15 is 0 Å². The number of hydrogen-bond acceptors (Lipinski definition) is 1. The van der Waals surface area contributed by atoms with Crippen molar-refractivity contribution < 1.29 is 20.8 Å². The summed E-state index contributed by atoms with van der Waals surface area (Å²) < 4.78 is 1.06. The van der Waals surface area contributed by atoms with Gasteiger partial charge in [-0.3, -0.25) is 4.98 Å². The van der Waals surface area contributed by atoms with E-state index in [0.29, 0.717) is 0 Å². The fourth-order valence-corrected chi connectivity index (χ4v) is 2.20. The average molecular weight is 564 g/mol. The molecule has 27 heavy (non-hydrogen) atoms. The molecule has 0 saturated heterocycles. The minimum absolute atomic E-state index is 0.250. The van der Waals surface area contributed by atoms with Crippen LogP contribution in [-0.4, -0.2) is 20.0 Å². The summed E-state index contributed by atoms with van der Waals surface area (Å²) in [6.45, 7) is 9.87. The Bertz CT molecular complexity index is 735. The van der Waals surface area contributed by atoms with Crippen LogP contribution in [-0.2, 0) is 20.8 Å². The van der Waals surface area contributed by atoms with Crippen LogP contribution >= 0.6 is 33.0 Å². The van der Waals surface area contributed by atoms with E-state index in [1.54, 1.807) is 0 Å². The number of rotatable bonds is 1. The number of hydrogen-bond donors (Lipinski definition) is 0. The van der Waals surface area contributed by atoms with Gasteiger partial charge in [0.05, 0.1) is 0 Å². The molecule has 1 heterocycles. The standard InChI is InChI=1S/C14H9BrN.C4H10N.C2H6Si.2ClH.Zr/c15-13-5-6-16-14(9-13)12-7-10-3-1-2-4-11(10)8-12;1-4(2,3)5;1-3-2;;;/h1-9H;5H,1-3H3;1-2H3;2*1H;/q2*-1;;;;+4/p-2. The van der Waals surface area contributed by atoms with Crippen molar-refractivity contribution in [3.05, 3.63) is 64.9 Å². The summed E-state index contributed by atoms with van der Waals surface area (Å²) in [6.07, 6.45) is 1.82. The third kappa shape index (κ3) is 13.8. The van der Waals surface area contributed by atoms with Gasteiger partial charge in [0, 0.05) is 25.9 Å². The molecule has 0 spiro atoms. The Hall–Kier alpha value is 0.100. The first-order chi connectivity index (χ1) is 12.7. The van der Waals surface area contributed by atoms with Crippen LogP contribution in [0.1, 0.15) is 20.8 Å². The summed E-state index contributed by atoms with van der Waals surface area (Å²) in [5.74, 6) is 0. The van der Waals surface area contributed by atoms with Gasteiger partial charge in [0.2, 0.25) is 0 Å². The Morgan fingerprint density at radius 1 is 1.11 bits per heavy atom. The van der Waals surface area contributed by atoms with Gasteiger partial charge in [-0.25, -0.2) is 0 Å². The van der Waals surface area contributed by atoms with Crippen LogP contribution in [0.4, 0.5) is 0 Å². The molecule has 0 unspecified atom stereocenters. The molecule has 0 fully saturated rings. The molecule has 1 N–H and O–H groups in total. The summed E-state index contributed by atoms with van der Waals surface area (Å²) in [5, 5.41) is 2.53. The van der Waals surface area contributed by atoms with Crippen molar-refractivity contribution in [2.24, 2.45) is 0 Å². The average Bonchev–Trinajstić information content (AvgIpc) is 2.99. The van der Waals surface area contributed by atoms with E-state index in [4.69, 9.17) is 22.8 Å². The maximum absolute atomic E-state index is 6.94. The first kappa shape index (κ1) is 27.1. The van der Waals surface area contributed by atoms with Crippen molar-refractivity contribution >= 4 is 53.2 Å². The van der Waals surface area contributed by atoms with Gasteiger partial charge in [0.25, 0.3) is 0 Å². The van der Waals surface area contributed by atoms with E-state index < -0.39 is 20.8 Å². The molecule has 0 aliphatic heterocycles. The molecule has 7 heteroatoms. The molecular formula is C20H25BrCl2N2SiZr. The van der Waals surface area contributed by atoms with Gasteiger partial charge in [0.15, 0.2) is 0 Å². The van der Waals surface area contributed by atoms with Gasteiger partial charge in [0.1, 0.15) is 0 Å². The quantitative estimate of drug-likeness (QED) is 0.216. The Morgan fingerprint density at radius 2 is 1.63 bits per heavy atom. The van der Waals surface area contributed by atoms with Crippen molar-refractivity contribution in [3.63, 3.8) is 0 Å². The summed E-state index contributed by atoms with van der Waals surface area (Å²) in [7, 11) is 11.0. The van der Waals surface area contributed by atoms with Crippen LogP contribution in [0.3, 0.4) is 0 Å². The number of fused-ring (bicyclic) bond motifs is 1. The third-order valence-electron chi connectivity index (χ3n) is 2.64. The Labute approximate surface area is 193 Å². The van der Waals surface area contributed by atoms with Crippen LogP contribution in [0.25, 0.3) is 27.8 Å². The predicted molar refractivity (Wildman–Crippen MR) is 124 cm³/mol. The second-order valence-corrected chi connectivity index (χ2v) is 12.2. The molecule has 0 amide bonds. The molecule has 3 rings (SSSR count). The van der Waals surface area contributed by atoms with Crippen LogP contribution in [0.5, 0.6) is 0 Å². The van der Waals surface area contributed by atoms with E-state index in [2.05, 4.69) is 70.4 Å². The number of nitrogens with one attached hydrogen (secondary N) is 1. The molecule has 144 valence electrons. The molecule has 0 saturated carbocycles. The number of aromatic nitrogens is 1. The SMILES string of the molecule is Brc1ccnc(-c2cc3ccccc3[cH-]2)c1.CC(C)(C)[NH-].C[Si]C.[Cl][Zr+2][Cl]. The van der Waals surface area contributed by atoms with Gasteiger partial charge in [-0.1, -0.05) is 74.1 Å². The Kier molecular flexibility index (Phi) is 15.1. The van der Waals surface area contributed by atoms with E-state index in [1.807, 2.05) is 39.1 Å². The van der Waals surface area contributed by atoms with Crippen molar-refractivity contribution in [1.82, 2.24) is 4.98 Å². The summed E-state index contributed by atoms with van der Waals surface area (Å²) in [6, 6.07) is 16.7.